The van der Waals surface area contributed by atoms with Crippen LogP contribution in [0.4, 0.5) is 4.79 Å². The van der Waals surface area contributed by atoms with E-state index in [-0.39, 0.29) is 12.5 Å². The Labute approximate surface area is 138 Å². The maximum absolute atomic E-state index is 10.5. The Morgan fingerprint density at radius 3 is 2.50 bits per heavy atom. The van der Waals surface area contributed by atoms with Crippen LogP contribution in [0.5, 0.6) is 5.75 Å². The van der Waals surface area contributed by atoms with E-state index in [9.17, 15) is 4.79 Å². The maximum atomic E-state index is 10.5. The second-order valence-corrected chi connectivity index (χ2v) is 4.92. The summed E-state index contributed by atoms with van der Waals surface area (Å²) in [6.07, 6.45) is -0.894. The van der Waals surface area contributed by atoms with E-state index < -0.39 is 6.09 Å². The molecule has 0 spiro atoms. The zero-order chi connectivity index (χ0) is 16.8. The SMILES string of the molecule is NC(=O)OCc1nc(-c2ccc(OCc3ccccc3)cc2)no1. The predicted octanol–water partition coefficient (Wildman–Crippen LogP) is 2.91. The van der Waals surface area contributed by atoms with Gasteiger partial charge in [-0.25, -0.2) is 4.79 Å². The van der Waals surface area contributed by atoms with Crippen LogP contribution in [0.1, 0.15) is 11.5 Å². The monoisotopic (exact) mass is 325 g/mol. The zero-order valence-corrected chi connectivity index (χ0v) is 12.7. The molecule has 0 radical (unpaired) electrons. The highest BCUT2D eigenvalue weighted by atomic mass is 16.6. The van der Waals surface area contributed by atoms with Gasteiger partial charge in [-0.2, -0.15) is 4.98 Å². The molecule has 2 N–H and O–H groups in total. The summed E-state index contributed by atoms with van der Waals surface area (Å²) < 4.78 is 15.3. The number of nitrogens with two attached hydrogens (primary N) is 1. The average molecular weight is 325 g/mol. The first-order valence-electron chi connectivity index (χ1n) is 7.23. The number of ether oxygens (including phenoxy) is 2. The normalized spacial score (nSPS) is 10.3. The van der Waals surface area contributed by atoms with Gasteiger partial charge in [-0.1, -0.05) is 35.5 Å². The van der Waals surface area contributed by atoms with Crippen LogP contribution in [-0.2, 0) is 18.0 Å². The van der Waals surface area contributed by atoms with E-state index in [1.54, 1.807) is 0 Å². The van der Waals surface area contributed by atoms with Crippen molar-refractivity contribution in [3.8, 4) is 17.1 Å². The Hall–Kier alpha value is -3.35. The van der Waals surface area contributed by atoms with Gasteiger partial charge in [0, 0.05) is 5.56 Å². The van der Waals surface area contributed by atoms with Gasteiger partial charge in [0.15, 0.2) is 6.61 Å². The molecule has 0 aliphatic rings. The van der Waals surface area contributed by atoms with Crippen LogP contribution in [0, 0.1) is 0 Å². The smallest absolute Gasteiger partial charge is 0.405 e. The summed E-state index contributed by atoms with van der Waals surface area (Å²) in [5, 5.41) is 3.83. The van der Waals surface area contributed by atoms with E-state index in [1.807, 2.05) is 54.6 Å². The average Bonchev–Trinajstić information content (AvgIpc) is 3.08. The lowest BCUT2D eigenvalue weighted by atomic mass is 10.2. The number of carbonyl (C=O) groups is 1. The minimum Gasteiger partial charge on any atom is -0.489 e. The number of aromatic nitrogens is 2. The Balaban J connectivity index is 1.61. The highest BCUT2D eigenvalue weighted by Crippen LogP contribution is 2.21. The van der Waals surface area contributed by atoms with Crippen LogP contribution in [0.15, 0.2) is 59.1 Å². The summed E-state index contributed by atoms with van der Waals surface area (Å²) in [4.78, 5) is 14.7. The van der Waals surface area contributed by atoms with Crippen LogP contribution in [-0.4, -0.2) is 16.2 Å². The molecule has 1 aromatic heterocycles. The second-order valence-electron chi connectivity index (χ2n) is 4.92. The first kappa shape index (κ1) is 15.5. The molecular weight excluding hydrogens is 310 g/mol. The van der Waals surface area contributed by atoms with Gasteiger partial charge in [0.2, 0.25) is 5.82 Å². The molecule has 2 aromatic carbocycles. The molecule has 0 bridgehead atoms. The number of hydrogen-bond donors (Lipinski definition) is 1. The van der Waals surface area contributed by atoms with E-state index in [0.717, 1.165) is 16.9 Å². The second kappa shape index (κ2) is 7.28. The highest BCUT2D eigenvalue weighted by Gasteiger charge is 2.10. The van der Waals surface area contributed by atoms with Crippen molar-refractivity contribution in [1.29, 1.82) is 0 Å². The van der Waals surface area contributed by atoms with Crippen molar-refractivity contribution in [2.75, 3.05) is 0 Å². The highest BCUT2D eigenvalue weighted by molar-refractivity contribution is 5.64. The number of benzene rings is 2. The van der Waals surface area contributed by atoms with Crippen molar-refractivity contribution in [2.45, 2.75) is 13.2 Å². The molecule has 24 heavy (non-hydrogen) atoms. The van der Waals surface area contributed by atoms with Crippen molar-refractivity contribution in [1.82, 2.24) is 10.1 Å². The minimum atomic E-state index is -0.894. The molecule has 3 rings (SSSR count). The fraction of sp³-hybridized carbons (Fsp3) is 0.118. The molecule has 3 aromatic rings. The first-order chi connectivity index (χ1) is 11.7. The quantitative estimate of drug-likeness (QED) is 0.748. The van der Waals surface area contributed by atoms with Crippen LogP contribution in [0.2, 0.25) is 0 Å². The third-order valence-corrected chi connectivity index (χ3v) is 3.17. The van der Waals surface area contributed by atoms with Crippen LogP contribution < -0.4 is 10.5 Å². The molecule has 0 aliphatic carbocycles. The van der Waals surface area contributed by atoms with Gasteiger partial charge in [0.1, 0.15) is 12.4 Å². The van der Waals surface area contributed by atoms with E-state index in [4.69, 9.17) is 15.0 Å². The van der Waals surface area contributed by atoms with Gasteiger partial charge in [0.25, 0.3) is 5.89 Å². The van der Waals surface area contributed by atoms with E-state index in [0.29, 0.717) is 12.4 Å². The van der Waals surface area contributed by atoms with E-state index >= 15 is 0 Å². The lowest BCUT2D eigenvalue weighted by Gasteiger charge is -2.06. The number of rotatable bonds is 6. The van der Waals surface area contributed by atoms with Gasteiger partial charge >= 0.3 is 6.09 Å². The number of nitrogens with zero attached hydrogens (tertiary/aromatic N) is 2. The number of carbonyl (C=O) groups excluding carboxylic acids is 1. The first-order valence-corrected chi connectivity index (χ1v) is 7.23. The van der Waals surface area contributed by atoms with Gasteiger partial charge in [-0.3, -0.25) is 0 Å². The van der Waals surface area contributed by atoms with Crippen molar-refractivity contribution in [3.05, 3.63) is 66.1 Å². The minimum absolute atomic E-state index is 0.152. The molecule has 0 atom stereocenters. The van der Waals surface area contributed by atoms with Crippen LogP contribution >= 0.6 is 0 Å². The number of primary amides is 1. The Bertz CT molecular complexity index is 800. The number of hydrogen-bond acceptors (Lipinski definition) is 6. The molecule has 7 heteroatoms. The molecule has 0 fully saturated rings. The fourth-order valence-corrected chi connectivity index (χ4v) is 2.00. The summed E-state index contributed by atoms with van der Waals surface area (Å²) in [6.45, 7) is 0.345. The standard InChI is InChI=1S/C17H15N3O4/c18-17(21)23-11-15-19-16(20-24-15)13-6-8-14(9-7-13)22-10-12-4-2-1-3-5-12/h1-9H,10-11H2,(H2,18,21). The van der Waals surface area contributed by atoms with Crippen LogP contribution in [0.25, 0.3) is 11.4 Å². The number of amides is 1. The lowest BCUT2D eigenvalue weighted by molar-refractivity contribution is 0.135. The molecular formula is C17H15N3O4. The summed E-state index contributed by atoms with van der Waals surface area (Å²) in [6, 6.07) is 17.2. The topological polar surface area (TPSA) is 100 Å². The Morgan fingerprint density at radius 1 is 1.04 bits per heavy atom. The van der Waals surface area contributed by atoms with E-state index in [1.165, 1.54) is 0 Å². The Morgan fingerprint density at radius 2 is 1.79 bits per heavy atom. The van der Waals surface area contributed by atoms with Gasteiger partial charge in [0.05, 0.1) is 0 Å². The predicted molar refractivity (Wildman–Crippen MR) is 84.9 cm³/mol. The zero-order valence-electron chi connectivity index (χ0n) is 12.7. The molecule has 1 heterocycles. The summed E-state index contributed by atoms with van der Waals surface area (Å²) in [5.74, 6) is 1.31. The molecule has 0 unspecified atom stereocenters. The molecule has 1 amide bonds. The lowest BCUT2D eigenvalue weighted by Crippen LogP contribution is -2.12. The van der Waals surface area contributed by atoms with Crippen molar-refractivity contribution in [3.63, 3.8) is 0 Å². The fourth-order valence-electron chi connectivity index (χ4n) is 2.00. The van der Waals surface area contributed by atoms with Crippen molar-refractivity contribution >= 4 is 6.09 Å². The van der Waals surface area contributed by atoms with E-state index in [2.05, 4.69) is 14.9 Å². The maximum Gasteiger partial charge on any atom is 0.405 e. The molecule has 0 saturated heterocycles. The van der Waals surface area contributed by atoms with Gasteiger partial charge in [-0.05, 0) is 29.8 Å². The van der Waals surface area contributed by atoms with Gasteiger partial charge < -0.3 is 19.7 Å². The molecule has 7 nitrogen and oxygen atoms in total. The largest absolute Gasteiger partial charge is 0.489 e. The summed E-state index contributed by atoms with van der Waals surface area (Å²) in [7, 11) is 0. The summed E-state index contributed by atoms with van der Waals surface area (Å²) >= 11 is 0. The third kappa shape index (κ3) is 4.10. The van der Waals surface area contributed by atoms with Crippen molar-refractivity contribution < 1.29 is 18.8 Å². The summed E-state index contributed by atoms with van der Waals surface area (Å²) in [5.41, 5.74) is 6.74. The molecule has 0 saturated carbocycles. The van der Waals surface area contributed by atoms with Crippen LogP contribution in [0.3, 0.4) is 0 Å². The Kier molecular flexibility index (Phi) is 4.71. The van der Waals surface area contributed by atoms with Crippen molar-refractivity contribution in [2.24, 2.45) is 5.73 Å². The molecule has 122 valence electrons. The third-order valence-electron chi connectivity index (χ3n) is 3.17. The van der Waals surface area contributed by atoms with Gasteiger partial charge in [-0.15, -0.1) is 0 Å². The molecule has 0 aliphatic heterocycles.